The van der Waals surface area contributed by atoms with Gasteiger partial charge in [0.25, 0.3) is 11.8 Å². The van der Waals surface area contributed by atoms with Crippen molar-refractivity contribution in [1.82, 2.24) is 10.0 Å². The van der Waals surface area contributed by atoms with Crippen LogP contribution < -0.4 is 14.2 Å². The number of benzene rings is 1. The SMILES string of the molecule is CCCCN1C(=O)C(=C2Sc3c(OC(=O)OCC)cc(OC)c(OC(C)=O)c3S2)C(=O)N1CCCC. The topological polar surface area (TPSA) is 112 Å². The highest BCUT2D eigenvalue weighted by atomic mass is 32.2. The van der Waals surface area contributed by atoms with Crippen LogP contribution in [0.2, 0.25) is 0 Å². The second kappa shape index (κ2) is 12.4. The van der Waals surface area contributed by atoms with Crippen LogP contribution >= 0.6 is 23.5 Å². The molecule has 2 aliphatic heterocycles. The van der Waals surface area contributed by atoms with E-state index in [1.165, 1.54) is 30.1 Å². The zero-order valence-electron chi connectivity index (χ0n) is 21.0. The van der Waals surface area contributed by atoms with Crippen molar-refractivity contribution in [2.75, 3.05) is 26.8 Å². The molecular formula is C24H30N2O8S2. The molecule has 1 aromatic carbocycles. The smallest absolute Gasteiger partial charge is 0.493 e. The summed E-state index contributed by atoms with van der Waals surface area (Å²) in [6.45, 7) is 7.93. The van der Waals surface area contributed by atoms with Crippen molar-refractivity contribution in [2.24, 2.45) is 0 Å². The van der Waals surface area contributed by atoms with Gasteiger partial charge in [0, 0.05) is 26.1 Å². The van der Waals surface area contributed by atoms with Gasteiger partial charge in [-0.2, -0.15) is 0 Å². The fraction of sp³-hybridized carbons (Fsp3) is 0.500. The number of thioether (sulfide) groups is 2. The standard InChI is InChI=1S/C24H30N2O8S2/c1-6-9-11-25-21(28)17(22(29)26(25)12-10-7-2)23-35-19-16(34-24(30)32-8-3)13-15(31-5)18(20(19)36-23)33-14(4)27/h13H,6-12H2,1-5H3. The predicted octanol–water partition coefficient (Wildman–Crippen LogP) is 4.75. The van der Waals surface area contributed by atoms with Crippen molar-refractivity contribution in [2.45, 2.75) is 63.2 Å². The Balaban J connectivity index is 2.09. The van der Waals surface area contributed by atoms with Gasteiger partial charge < -0.3 is 18.9 Å². The molecule has 1 aromatic rings. The van der Waals surface area contributed by atoms with Crippen molar-refractivity contribution in [3.8, 4) is 17.2 Å². The second-order valence-corrected chi connectivity index (χ2v) is 10.2. The summed E-state index contributed by atoms with van der Waals surface area (Å²) in [7, 11) is 1.39. The Morgan fingerprint density at radius 1 is 0.889 bits per heavy atom. The summed E-state index contributed by atoms with van der Waals surface area (Å²) in [6.07, 6.45) is 2.35. The van der Waals surface area contributed by atoms with Crippen molar-refractivity contribution in [3.63, 3.8) is 0 Å². The summed E-state index contributed by atoms with van der Waals surface area (Å²) < 4.78 is 21.5. The Kier molecular flexibility index (Phi) is 9.55. The normalized spacial score (nSPS) is 14.9. The third-order valence-electron chi connectivity index (χ3n) is 5.27. The van der Waals surface area contributed by atoms with Crippen LogP contribution in [0.15, 0.2) is 25.7 Å². The minimum absolute atomic E-state index is 0.0447. The summed E-state index contributed by atoms with van der Waals surface area (Å²) >= 11 is 2.21. The average molecular weight is 539 g/mol. The summed E-state index contributed by atoms with van der Waals surface area (Å²) in [4.78, 5) is 51.6. The fourth-order valence-electron chi connectivity index (χ4n) is 3.58. The number of ether oxygens (including phenoxy) is 4. The Bertz CT molecular complexity index is 1060. The average Bonchev–Trinajstić information content (AvgIpc) is 3.36. The van der Waals surface area contributed by atoms with E-state index < -0.39 is 12.1 Å². The van der Waals surface area contributed by atoms with Crippen molar-refractivity contribution < 1.29 is 38.1 Å². The number of nitrogens with zero attached hydrogens (tertiary/aromatic N) is 2. The van der Waals surface area contributed by atoms with E-state index >= 15 is 0 Å². The number of unbranched alkanes of at least 4 members (excludes halogenated alkanes) is 2. The van der Waals surface area contributed by atoms with Gasteiger partial charge in [0.05, 0.1) is 27.7 Å². The molecule has 2 aliphatic rings. The van der Waals surface area contributed by atoms with Crippen LogP contribution in [0.1, 0.15) is 53.4 Å². The molecule has 0 aromatic heterocycles. The minimum atomic E-state index is -0.918. The van der Waals surface area contributed by atoms with E-state index in [1.807, 2.05) is 13.8 Å². The largest absolute Gasteiger partial charge is 0.513 e. The molecule has 0 radical (unpaired) electrons. The molecule has 0 aliphatic carbocycles. The summed E-state index contributed by atoms with van der Waals surface area (Å²) in [5, 5.41) is 3.02. The maximum absolute atomic E-state index is 13.4. The number of rotatable bonds is 10. The first-order valence-electron chi connectivity index (χ1n) is 11.8. The fourth-order valence-corrected chi connectivity index (χ4v) is 6.24. The first-order chi connectivity index (χ1) is 17.3. The van der Waals surface area contributed by atoms with E-state index in [2.05, 4.69) is 0 Å². The third kappa shape index (κ3) is 5.75. The number of amides is 2. The molecule has 0 spiro atoms. The number of hydrazine groups is 1. The van der Waals surface area contributed by atoms with Gasteiger partial charge in [-0.3, -0.25) is 14.4 Å². The quantitative estimate of drug-likeness (QED) is 0.136. The van der Waals surface area contributed by atoms with E-state index in [0.29, 0.717) is 27.1 Å². The third-order valence-corrected chi connectivity index (χ3v) is 7.88. The molecule has 0 bridgehead atoms. The molecule has 0 unspecified atom stereocenters. The number of hydrogen-bond acceptors (Lipinski definition) is 10. The molecule has 3 rings (SSSR count). The second-order valence-electron chi connectivity index (χ2n) is 7.87. The summed E-state index contributed by atoms with van der Waals surface area (Å²) in [5.41, 5.74) is 0.0447. The molecule has 36 heavy (non-hydrogen) atoms. The molecule has 0 N–H and O–H groups in total. The lowest BCUT2D eigenvalue weighted by atomic mass is 10.3. The van der Waals surface area contributed by atoms with Gasteiger partial charge in [-0.1, -0.05) is 50.2 Å². The highest BCUT2D eigenvalue weighted by molar-refractivity contribution is 8.25. The van der Waals surface area contributed by atoms with Crippen molar-refractivity contribution in [3.05, 3.63) is 15.9 Å². The Morgan fingerprint density at radius 2 is 1.47 bits per heavy atom. The van der Waals surface area contributed by atoms with E-state index in [0.717, 1.165) is 49.2 Å². The number of esters is 1. The Hall–Kier alpha value is -2.86. The molecule has 2 heterocycles. The van der Waals surface area contributed by atoms with Gasteiger partial charge in [0.1, 0.15) is 5.57 Å². The van der Waals surface area contributed by atoms with Crippen LogP contribution in [0.4, 0.5) is 4.79 Å². The highest BCUT2D eigenvalue weighted by Gasteiger charge is 2.45. The molecule has 0 atom stereocenters. The molecule has 12 heteroatoms. The number of methoxy groups -OCH3 is 1. The van der Waals surface area contributed by atoms with Gasteiger partial charge in [0.15, 0.2) is 17.2 Å². The van der Waals surface area contributed by atoms with E-state index in [4.69, 9.17) is 18.9 Å². The summed E-state index contributed by atoms with van der Waals surface area (Å²) in [5.74, 6) is -0.949. The van der Waals surface area contributed by atoms with Crippen LogP contribution in [0.25, 0.3) is 0 Å². The van der Waals surface area contributed by atoms with E-state index in [-0.39, 0.29) is 41.2 Å². The highest BCUT2D eigenvalue weighted by Crippen LogP contribution is 2.61. The number of hydrogen-bond donors (Lipinski definition) is 0. The van der Waals surface area contributed by atoms with Gasteiger partial charge >= 0.3 is 12.1 Å². The first-order valence-corrected chi connectivity index (χ1v) is 13.4. The lowest BCUT2D eigenvalue weighted by molar-refractivity contribution is -0.147. The van der Waals surface area contributed by atoms with Gasteiger partial charge in [-0.25, -0.2) is 14.8 Å². The zero-order chi connectivity index (χ0) is 26.4. The number of carbonyl (C=O) groups excluding carboxylic acids is 4. The van der Waals surface area contributed by atoms with E-state index in [9.17, 15) is 19.2 Å². The van der Waals surface area contributed by atoms with Gasteiger partial charge in [-0.05, 0) is 19.8 Å². The monoisotopic (exact) mass is 538 g/mol. The lowest BCUT2D eigenvalue weighted by Crippen LogP contribution is -2.42. The Morgan fingerprint density at radius 3 is 1.97 bits per heavy atom. The number of carbonyl (C=O) groups is 4. The molecule has 0 saturated carbocycles. The van der Waals surface area contributed by atoms with Crippen molar-refractivity contribution >= 4 is 47.5 Å². The number of fused-ring (bicyclic) bond motifs is 1. The van der Waals surface area contributed by atoms with Crippen LogP contribution in [-0.2, 0) is 19.1 Å². The van der Waals surface area contributed by atoms with E-state index in [1.54, 1.807) is 6.92 Å². The van der Waals surface area contributed by atoms with Crippen LogP contribution in [0.5, 0.6) is 17.2 Å². The first kappa shape index (κ1) is 27.7. The van der Waals surface area contributed by atoms with Gasteiger partial charge in [0.2, 0.25) is 0 Å². The van der Waals surface area contributed by atoms with Crippen LogP contribution in [-0.4, -0.2) is 60.8 Å². The molecule has 10 nitrogen and oxygen atoms in total. The zero-order valence-corrected chi connectivity index (χ0v) is 22.6. The van der Waals surface area contributed by atoms with Gasteiger partial charge in [-0.15, -0.1) is 0 Å². The minimum Gasteiger partial charge on any atom is -0.493 e. The predicted molar refractivity (Wildman–Crippen MR) is 134 cm³/mol. The summed E-state index contributed by atoms with van der Waals surface area (Å²) in [6, 6.07) is 1.41. The molecule has 1 fully saturated rings. The molecule has 196 valence electrons. The molecular weight excluding hydrogens is 508 g/mol. The maximum Gasteiger partial charge on any atom is 0.513 e. The van der Waals surface area contributed by atoms with Crippen molar-refractivity contribution in [1.29, 1.82) is 0 Å². The molecule has 2 amide bonds. The molecule has 1 saturated heterocycles. The maximum atomic E-state index is 13.4. The van der Waals surface area contributed by atoms with Crippen LogP contribution in [0.3, 0.4) is 0 Å². The lowest BCUT2D eigenvalue weighted by Gasteiger charge is -2.27. The van der Waals surface area contributed by atoms with Crippen LogP contribution in [0, 0.1) is 0 Å². The Labute approximate surface area is 218 Å².